The molecule has 0 spiro atoms. The van der Waals surface area contributed by atoms with Crippen LogP contribution < -0.4 is 4.74 Å². The molecular weight excluding hydrogens is 420 g/mol. The number of ketones is 1. The molecule has 168 valence electrons. The van der Waals surface area contributed by atoms with Crippen molar-refractivity contribution in [1.29, 1.82) is 0 Å². The number of hydrogen-bond donors (Lipinski definition) is 0. The molecule has 2 rings (SSSR count). The van der Waals surface area contributed by atoms with Gasteiger partial charge in [-0.1, -0.05) is 18.2 Å². The van der Waals surface area contributed by atoms with Gasteiger partial charge in [-0.3, -0.25) is 9.59 Å². The number of ether oxygens (including phenoxy) is 4. The van der Waals surface area contributed by atoms with Gasteiger partial charge in [0.2, 0.25) is 0 Å². The van der Waals surface area contributed by atoms with Crippen LogP contribution in [0.1, 0.15) is 38.2 Å². The van der Waals surface area contributed by atoms with Crippen LogP contribution in [0.15, 0.2) is 36.9 Å². The van der Waals surface area contributed by atoms with E-state index < -0.39 is 35.3 Å². The fraction of sp³-hybridized carbons (Fsp3) is 0.500. The van der Waals surface area contributed by atoms with Crippen LogP contribution in [0.2, 0.25) is 0 Å². The predicted octanol–water partition coefficient (Wildman–Crippen LogP) is 3.84. The van der Waals surface area contributed by atoms with Crippen LogP contribution in [-0.4, -0.2) is 48.7 Å². The number of Topliss-reactive ketones (excluding diaryl/α,β-unsaturated/α-hetero) is 1. The first-order chi connectivity index (χ1) is 14.8. The molecule has 1 aromatic carbocycles. The molecule has 1 unspecified atom stereocenters. The molecule has 0 saturated carbocycles. The lowest BCUT2D eigenvalue weighted by Crippen LogP contribution is -2.34. The van der Waals surface area contributed by atoms with Crippen LogP contribution in [-0.2, 0) is 30.4 Å². The molecular formula is C24H29ClO6. The summed E-state index contributed by atoms with van der Waals surface area (Å²) in [6, 6.07) is 7.54. The average molecular weight is 449 g/mol. The first kappa shape index (κ1) is 24.9. The van der Waals surface area contributed by atoms with Crippen molar-refractivity contribution in [3.05, 3.63) is 42.5 Å². The summed E-state index contributed by atoms with van der Waals surface area (Å²) in [5.74, 6) is 2.24. The van der Waals surface area contributed by atoms with Gasteiger partial charge in [-0.05, 0) is 31.0 Å². The van der Waals surface area contributed by atoms with Crippen molar-refractivity contribution in [1.82, 2.24) is 0 Å². The Morgan fingerprint density at radius 2 is 2.10 bits per heavy atom. The van der Waals surface area contributed by atoms with Crippen molar-refractivity contribution >= 4 is 23.4 Å². The number of hydrogen-bond acceptors (Lipinski definition) is 6. The van der Waals surface area contributed by atoms with E-state index in [9.17, 15) is 9.59 Å². The zero-order valence-corrected chi connectivity index (χ0v) is 18.7. The van der Waals surface area contributed by atoms with Gasteiger partial charge >= 0.3 is 5.97 Å². The van der Waals surface area contributed by atoms with E-state index in [1.54, 1.807) is 7.11 Å². The van der Waals surface area contributed by atoms with Crippen molar-refractivity contribution in [2.75, 3.05) is 13.7 Å². The van der Waals surface area contributed by atoms with E-state index in [0.717, 1.165) is 11.3 Å². The first-order valence-electron chi connectivity index (χ1n) is 10.1. The second kappa shape index (κ2) is 11.9. The van der Waals surface area contributed by atoms with Gasteiger partial charge < -0.3 is 18.9 Å². The molecule has 6 nitrogen and oxygen atoms in total. The molecule has 0 radical (unpaired) electrons. The van der Waals surface area contributed by atoms with E-state index in [1.807, 2.05) is 24.3 Å². The molecule has 1 aliphatic heterocycles. The van der Waals surface area contributed by atoms with Crippen molar-refractivity contribution in [3.8, 4) is 18.1 Å². The van der Waals surface area contributed by atoms with Gasteiger partial charge in [-0.2, -0.15) is 0 Å². The highest BCUT2D eigenvalue weighted by Gasteiger charge is 2.38. The van der Waals surface area contributed by atoms with Crippen LogP contribution in [0.4, 0.5) is 0 Å². The van der Waals surface area contributed by atoms with E-state index in [-0.39, 0.29) is 12.7 Å². The quantitative estimate of drug-likeness (QED) is 0.159. The van der Waals surface area contributed by atoms with Crippen LogP contribution in [0, 0.1) is 12.3 Å². The fourth-order valence-electron chi connectivity index (χ4n) is 3.15. The number of alkyl halides is 1. The van der Waals surface area contributed by atoms with Crippen molar-refractivity contribution < 1.29 is 28.5 Å². The summed E-state index contributed by atoms with van der Waals surface area (Å²) in [5, 5.41) is 0. The van der Waals surface area contributed by atoms with E-state index in [4.69, 9.17) is 37.0 Å². The molecule has 0 aromatic heterocycles. The van der Waals surface area contributed by atoms with Gasteiger partial charge in [0.05, 0.1) is 26.4 Å². The number of carbonyl (C=O) groups is 2. The lowest BCUT2D eigenvalue weighted by molar-refractivity contribution is -0.155. The summed E-state index contributed by atoms with van der Waals surface area (Å²) in [6.07, 6.45) is 6.84. The Morgan fingerprint density at radius 3 is 2.71 bits per heavy atom. The molecule has 1 fully saturated rings. The molecule has 0 bridgehead atoms. The summed E-state index contributed by atoms with van der Waals surface area (Å²) in [5.41, 5.74) is 0.979. The Kier molecular flexibility index (Phi) is 9.57. The van der Waals surface area contributed by atoms with Crippen LogP contribution in [0.25, 0.3) is 0 Å². The number of esters is 1. The average Bonchev–Trinajstić information content (AvgIpc) is 3.13. The summed E-state index contributed by atoms with van der Waals surface area (Å²) >= 11 is 6.04. The van der Waals surface area contributed by atoms with Crippen molar-refractivity contribution in [2.45, 2.75) is 62.4 Å². The lowest BCUT2D eigenvalue weighted by Gasteiger charge is -2.20. The number of allylic oxidation sites excluding steroid dienone is 1. The van der Waals surface area contributed by atoms with Crippen molar-refractivity contribution in [3.63, 3.8) is 0 Å². The second-order valence-electron chi connectivity index (χ2n) is 7.55. The fourth-order valence-corrected chi connectivity index (χ4v) is 3.21. The Balaban J connectivity index is 1.92. The van der Waals surface area contributed by atoms with Gasteiger partial charge in [0.15, 0.2) is 5.78 Å². The Labute approximate surface area is 188 Å². The van der Waals surface area contributed by atoms with Crippen LogP contribution in [0.3, 0.4) is 0 Å². The number of carbonyl (C=O) groups excluding carboxylic acids is 2. The molecule has 1 aliphatic rings. The first-order valence-corrected chi connectivity index (χ1v) is 10.5. The topological polar surface area (TPSA) is 71.1 Å². The van der Waals surface area contributed by atoms with Gasteiger partial charge in [0.1, 0.15) is 29.3 Å². The number of rotatable bonds is 12. The molecule has 31 heavy (non-hydrogen) atoms. The van der Waals surface area contributed by atoms with Gasteiger partial charge in [-0.15, -0.1) is 30.5 Å². The number of methoxy groups -OCH3 is 1. The SMILES string of the molecule is C#CCC[C@@H]1C[C@@H](OC(=O)CC(=O)C(C)(Cl)C=C)[C@@H](COCc2ccc(OC)cc2)O1. The molecule has 0 amide bonds. The Hall–Kier alpha value is -2.33. The third kappa shape index (κ3) is 7.70. The molecule has 0 N–H and O–H groups in total. The second-order valence-corrected chi connectivity index (χ2v) is 8.33. The third-order valence-corrected chi connectivity index (χ3v) is 5.48. The monoisotopic (exact) mass is 448 g/mol. The minimum Gasteiger partial charge on any atom is -0.497 e. The standard InChI is InChI=1S/C24H29ClO6/c1-5-7-8-19-13-20(31-23(27)14-22(26)24(3,25)6-2)21(30-19)16-29-15-17-9-11-18(28-4)12-10-17/h1,6,9-12,19-21H,2,7-8,13-16H2,3-4H3/t19-,20-,21-,24?/m1/s1. The number of benzene rings is 1. The van der Waals surface area contributed by atoms with E-state index in [2.05, 4.69) is 12.5 Å². The zero-order chi connectivity index (χ0) is 22.9. The number of halogens is 1. The molecule has 1 aromatic rings. The maximum Gasteiger partial charge on any atom is 0.313 e. The van der Waals surface area contributed by atoms with Crippen LogP contribution >= 0.6 is 11.6 Å². The minimum absolute atomic E-state index is 0.134. The zero-order valence-electron chi connectivity index (χ0n) is 18.0. The summed E-state index contributed by atoms with van der Waals surface area (Å²) in [4.78, 5) is 23.2. The van der Waals surface area contributed by atoms with Crippen LogP contribution in [0.5, 0.6) is 5.75 Å². The van der Waals surface area contributed by atoms with E-state index in [1.165, 1.54) is 13.0 Å². The largest absolute Gasteiger partial charge is 0.497 e. The summed E-state index contributed by atoms with van der Waals surface area (Å²) in [7, 11) is 1.61. The Morgan fingerprint density at radius 1 is 1.39 bits per heavy atom. The molecule has 4 atom stereocenters. The van der Waals surface area contributed by atoms with Crippen molar-refractivity contribution in [2.24, 2.45) is 0 Å². The van der Waals surface area contributed by atoms with Gasteiger partial charge in [0.25, 0.3) is 0 Å². The highest BCUT2D eigenvalue weighted by Crippen LogP contribution is 2.28. The molecule has 7 heteroatoms. The normalized spacial score (nSPS) is 22.2. The molecule has 0 aliphatic carbocycles. The highest BCUT2D eigenvalue weighted by atomic mass is 35.5. The van der Waals surface area contributed by atoms with E-state index >= 15 is 0 Å². The maximum atomic E-state index is 12.3. The summed E-state index contributed by atoms with van der Waals surface area (Å²) in [6.45, 7) is 5.62. The molecule has 1 heterocycles. The number of terminal acetylenes is 1. The summed E-state index contributed by atoms with van der Waals surface area (Å²) < 4.78 is 22.5. The van der Waals surface area contributed by atoms with Gasteiger partial charge in [0, 0.05) is 12.8 Å². The van der Waals surface area contributed by atoms with Gasteiger partial charge in [-0.25, -0.2) is 0 Å². The minimum atomic E-state index is -1.30. The van der Waals surface area contributed by atoms with E-state index in [0.29, 0.717) is 25.9 Å². The Bertz CT molecular complexity index is 795. The lowest BCUT2D eigenvalue weighted by atomic mass is 10.0. The maximum absolute atomic E-state index is 12.3. The highest BCUT2D eigenvalue weighted by molar-refractivity contribution is 6.37. The predicted molar refractivity (Wildman–Crippen MR) is 118 cm³/mol. The third-order valence-electron chi connectivity index (χ3n) is 5.11. The molecule has 1 saturated heterocycles. The smallest absolute Gasteiger partial charge is 0.313 e.